The van der Waals surface area contributed by atoms with Crippen molar-refractivity contribution < 1.29 is 4.79 Å². The van der Waals surface area contributed by atoms with Gasteiger partial charge in [-0.15, -0.1) is 0 Å². The second-order valence-corrected chi connectivity index (χ2v) is 7.02. The Hall–Kier alpha value is -1.49. The minimum atomic E-state index is 0.277. The number of likely N-dealkylation sites (tertiary alicyclic amines) is 2. The van der Waals surface area contributed by atoms with E-state index in [9.17, 15) is 4.79 Å². The minimum absolute atomic E-state index is 0.277. The molecular weight excluding hydrogens is 288 g/mol. The highest BCUT2D eigenvalue weighted by Crippen LogP contribution is 2.25. The number of hydrogen-bond donors (Lipinski definition) is 0. The minimum Gasteiger partial charge on any atom is -0.341 e. The first-order valence-electron chi connectivity index (χ1n) is 8.94. The van der Waals surface area contributed by atoms with Crippen molar-refractivity contribution in [2.75, 3.05) is 32.7 Å². The molecule has 1 aromatic rings. The van der Waals surface area contributed by atoms with E-state index in [0.717, 1.165) is 49.8 Å². The Morgan fingerprint density at radius 3 is 2.39 bits per heavy atom. The quantitative estimate of drug-likeness (QED) is 0.858. The van der Waals surface area contributed by atoms with E-state index in [1.807, 2.05) is 24.8 Å². The fourth-order valence-electron chi connectivity index (χ4n) is 3.72. The summed E-state index contributed by atoms with van der Waals surface area (Å²) in [6.07, 6.45) is 6.05. The largest absolute Gasteiger partial charge is 0.341 e. The van der Waals surface area contributed by atoms with Gasteiger partial charge in [-0.3, -0.25) is 9.69 Å². The summed E-state index contributed by atoms with van der Waals surface area (Å²) in [5, 5.41) is 0. The molecule has 1 unspecified atom stereocenters. The van der Waals surface area contributed by atoms with Crippen molar-refractivity contribution in [1.29, 1.82) is 0 Å². The molecule has 126 valence electrons. The molecule has 1 atom stereocenters. The molecule has 3 heterocycles. The van der Waals surface area contributed by atoms with Crippen molar-refractivity contribution in [3.8, 4) is 0 Å². The molecule has 0 radical (unpaired) electrons. The Bertz CT molecular complexity index is 532. The zero-order valence-corrected chi connectivity index (χ0v) is 14.4. The Labute approximate surface area is 139 Å². The van der Waals surface area contributed by atoms with Crippen molar-refractivity contribution in [2.45, 2.75) is 51.9 Å². The van der Waals surface area contributed by atoms with Crippen LogP contribution in [0.25, 0.3) is 0 Å². The van der Waals surface area contributed by atoms with Crippen LogP contribution >= 0.6 is 0 Å². The lowest BCUT2D eigenvalue weighted by atomic mass is 10.1. The molecule has 0 saturated carbocycles. The van der Waals surface area contributed by atoms with Crippen LogP contribution in [-0.4, -0.2) is 58.4 Å². The molecule has 1 amide bonds. The monoisotopic (exact) mass is 316 g/mol. The fraction of sp³-hybridized carbons (Fsp3) is 0.722. The summed E-state index contributed by atoms with van der Waals surface area (Å²) >= 11 is 0. The van der Waals surface area contributed by atoms with Gasteiger partial charge in [0.25, 0.3) is 0 Å². The molecule has 1 aromatic heterocycles. The van der Waals surface area contributed by atoms with Crippen molar-refractivity contribution in [3.05, 3.63) is 23.3 Å². The molecule has 23 heavy (non-hydrogen) atoms. The lowest BCUT2D eigenvalue weighted by Crippen LogP contribution is -2.39. The Balaban J connectivity index is 1.57. The molecule has 0 aromatic carbocycles. The number of carbonyl (C=O) groups excluding carboxylic acids is 1. The van der Waals surface area contributed by atoms with Crippen LogP contribution in [0.4, 0.5) is 0 Å². The SMILES string of the molecule is Cc1cc(C)nc(C2CCN(C(=O)CN3CCCCCC3)C2)n1. The number of aryl methyl sites for hydroxylation is 2. The molecule has 3 rings (SSSR count). The van der Waals surface area contributed by atoms with Gasteiger partial charge in [0.05, 0.1) is 6.54 Å². The Kier molecular flexibility index (Phi) is 5.26. The summed E-state index contributed by atoms with van der Waals surface area (Å²) in [6.45, 7) is 8.36. The maximum absolute atomic E-state index is 12.6. The smallest absolute Gasteiger partial charge is 0.236 e. The third-order valence-electron chi connectivity index (χ3n) is 4.96. The van der Waals surface area contributed by atoms with Crippen molar-refractivity contribution in [1.82, 2.24) is 19.8 Å². The van der Waals surface area contributed by atoms with Gasteiger partial charge in [-0.1, -0.05) is 12.8 Å². The highest BCUT2D eigenvalue weighted by molar-refractivity contribution is 5.78. The lowest BCUT2D eigenvalue weighted by Gasteiger charge is -2.23. The Morgan fingerprint density at radius 1 is 1.09 bits per heavy atom. The van der Waals surface area contributed by atoms with Crippen LogP contribution in [0.5, 0.6) is 0 Å². The van der Waals surface area contributed by atoms with E-state index in [0.29, 0.717) is 12.5 Å². The van der Waals surface area contributed by atoms with Crippen molar-refractivity contribution in [2.24, 2.45) is 0 Å². The number of hydrogen-bond acceptors (Lipinski definition) is 4. The molecular formula is C18H28N4O. The van der Waals surface area contributed by atoms with Crippen LogP contribution in [-0.2, 0) is 4.79 Å². The topological polar surface area (TPSA) is 49.3 Å². The first-order valence-corrected chi connectivity index (χ1v) is 8.94. The summed E-state index contributed by atoms with van der Waals surface area (Å²) in [5.74, 6) is 1.48. The van der Waals surface area contributed by atoms with Crippen LogP contribution < -0.4 is 0 Å². The zero-order chi connectivity index (χ0) is 16.2. The molecule has 5 nitrogen and oxygen atoms in total. The van der Waals surface area contributed by atoms with Gasteiger partial charge < -0.3 is 4.90 Å². The van der Waals surface area contributed by atoms with E-state index in [2.05, 4.69) is 14.9 Å². The van der Waals surface area contributed by atoms with Gasteiger partial charge in [0, 0.05) is 30.4 Å². The van der Waals surface area contributed by atoms with Gasteiger partial charge >= 0.3 is 0 Å². The zero-order valence-electron chi connectivity index (χ0n) is 14.4. The van der Waals surface area contributed by atoms with E-state index < -0.39 is 0 Å². The summed E-state index contributed by atoms with van der Waals surface area (Å²) in [5.41, 5.74) is 2.03. The van der Waals surface area contributed by atoms with Gasteiger partial charge in [-0.05, 0) is 52.3 Å². The first kappa shape index (κ1) is 16.4. The molecule has 0 spiro atoms. The first-order chi connectivity index (χ1) is 11.1. The second kappa shape index (κ2) is 7.39. The highest BCUT2D eigenvalue weighted by atomic mass is 16.2. The summed E-state index contributed by atoms with van der Waals surface area (Å²) in [4.78, 5) is 26.1. The fourth-order valence-corrected chi connectivity index (χ4v) is 3.72. The molecule has 2 fully saturated rings. The van der Waals surface area contributed by atoms with Gasteiger partial charge in [0.1, 0.15) is 5.82 Å². The molecule has 2 aliphatic rings. The van der Waals surface area contributed by atoms with E-state index in [-0.39, 0.29) is 5.91 Å². The van der Waals surface area contributed by atoms with Gasteiger partial charge in [-0.2, -0.15) is 0 Å². The third kappa shape index (κ3) is 4.28. The van der Waals surface area contributed by atoms with Gasteiger partial charge in [0.15, 0.2) is 0 Å². The van der Waals surface area contributed by atoms with Crippen LogP contribution in [0.1, 0.15) is 55.2 Å². The summed E-state index contributed by atoms with van der Waals surface area (Å²) in [6, 6.07) is 2.00. The summed E-state index contributed by atoms with van der Waals surface area (Å²) < 4.78 is 0. The van der Waals surface area contributed by atoms with Gasteiger partial charge in [-0.25, -0.2) is 9.97 Å². The molecule has 5 heteroatoms. The van der Waals surface area contributed by atoms with Crippen LogP contribution in [0.2, 0.25) is 0 Å². The van der Waals surface area contributed by atoms with Crippen molar-refractivity contribution >= 4 is 5.91 Å². The normalized spacial score (nSPS) is 23.0. The van der Waals surface area contributed by atoms with Gasteiger partial charge in [0.2, 0.25) is 5.91 Å². The maximum atomic E-state index is 12.6. The summed E-state index contributed by atoms with van der Waals surface area (Å²) in [7, 11) is 0. The van der Waals surface area contributed by atoms with Crippen LogP contribution in [0.3, 0.4) is 0 Å². The molecule has 0 N–H and O–H groups in total. The predicted molar refractivity (Wildman–Crippen MR) is 90.4 cm³/mol. The van der Waals surface area contributed by atoms with E-state index in [4.69, 9.17) is 0 Å². The average molecular weight is 316 g/mol. The lowest BCUT2D eigenvalue weighted by molar-refractivity contribution is -0.131. The maximum Gasteiger partial charge on any atom is 0.236 e. The third-order valence-corrected chi connectivity index (χ3v) is 4.96. The average Bonchev–Trinajstić information content (AvgIpc) is 2.86. The predicted octanol–water partition coefficient (Wildman–Crippen LogP) is 2.29. The van der Waals surface area contributed by atoms with Crippen LogP contribution in [0.15, 0.2) is 6.07 Å². The number of carbonyl (C=O) groups is 1. The number of rotatable bonds is 3. The molecule has 2 saturated heterocycles. The Morgan fingerprint density at radius 2 is 1.74 bits per heavy atom. The number of amides is 1. The number of aromatic nitrogens is 2. The van der Waals surface area contributed by atoms with E-state index in [1.165, 1.54) is 25.7 Å². The van der Waals surface area contributed by atoms with E-state index in [1.54, 1.807) is 0 Å². The molecule has 0 bridgehead atoms. The number of nitrogens with zero attached hydrogens (tertiary/aromatic N) is 4. The molecule has 0 aliphatic carbocycles. The van der Waals surface area contributed by atoms with E-state index >= 15 is 0 Å². The highest BCUT2D eigenvalue weighted by Gasteiger charge is 2.30. The second-order valence-electron chi connectivity index (χ2n) is 7.02. The van der Waals surface area contributed by atoms with Crippen molar-refractivity contribution in [3.63, 3.8) is 0 Å². The van der Waals surface area contributed by atoms with Crippen LogP contribution in [0, 0.1) is 13.8 Å². The molecule has 2 aliphatic heterocycles. The standard InChI is InChI=1S/C18H28N4O/c1-14-11-15(2)20-18(19-14)16-7-10-22(12-16)17(23)13-21-8-5-3-4-6-9-21/h11,16H,3-10,12-13H2,1-2H3.